The van der Waals surface area contributed by atoms with E-state index in [1.165, 1.54) is 30.5 Å². The summed E-state index contributed by atoms with van der Waals surface area (Å²) < 4.78 is 1.95. The van der Waals surface area contributed by atoms with Crippen molar-refractivity contribution in [2.24, 2.45) is 5.92 Å². The van der Waals surface area contributed by atoms with Gasteiger partial charge in [0.2, 0.25) is 0 Å². The van der Waals surface area contributed by atoms with Crippen LogP contribution in [0.25, 0.3) is 0 Å². The molecule has 1 aromatic carbocycles. The standard InChI is InChI=1S/C16H21N3/c1-13-3-6-16(11-13)18-15-7-4-14(5-8-15)12-19-10-2-9-17-19/h2,4-5,7-10,13,16,18H,3,6,11-12H2,1H3. The van der Waals surface area contributed by atoms with Gasteiger partial charge in [0.15, 0.2) is 0 Å². The molecule has 0 radical (unpaired) electrons. The first-order chi connectivity index (χ1) is 9.29. The topological polar surface area (TPSA) is 29.9 Å². The molecule has 1 heterocycles. The van der Waals surface area contributed by atoms with Crippen molar-refractivity contribution in [1.82, 2.24) is 9.78 Å². The average molecular weight is 255 g/mol. The molecule has 3 nitrogen and oxygen atoms in total. The van der Waals surface area contributed by atoms with Crippen LogP contribution in [0.1, 0.15) is 31.7 Å². The fourth-order valence-electron chi connectivity index (χ4n) is 2.86. The third kappa shape index (κ3) is 3.16. The highest BCUT2D eigenvalue weighted by atomic mass is 15.3. The summed E-state index contributed by atoms with van der Waals surface area (Å²) >= 11 is 0. The summed E-state index contributed by atoms with van der Waals surface area (Å²) in [6.07, 6.45) is 7.77. The van der Waals surface area contributed by atoms with Gasteiger partial charge in [-0.2, -0.15) is 5.10 Å². The molecule has 0 amide bonds. The molecular formula is C16H21N3. The smallest absolute Gasteiger partial charge is 0.0659 e. The molecule has 1 aliphatic carbocycles. The zero-order valence-corrected chi connectivity index (χ0v) is 11.4. The van der Waals surface area contributed by atoms with E-state index in [2.05, 4.69) is 41.6 Å². The van der Waals surface area contributed by atoms with Crippen LogP contribution in [-0.4, -0.2) is 15.8 Å². The normalized spacial score (nSPS) is 22.6. The van der Waals surface area contributed by atoms with Crippen molar-refractivity contribution in [3.05, 3.63) is 48.3 Å². The zero-order valence-electron chi connectivity index (χ0n) is 11.4. The van der Waals surface area contributed by atoms with Crippen molar-refractivity contribution < 1.29 is 0 Å². The van der Waals surface area contributed by atoms with Crippen LogP contribution in [0.3, 0.4) is 0 Å². The summed E-state index contributed by atoms with van der Waals surface area (Å²) in [4.78, 5) is 0. The highest BCUT2D eigenvalue weighted by Crippen LogP contribution is 2.27. The van der Waals surface area contributed by atoms with Gasteiger partial charge in [-0.1, -0.05) is 19.1 Å². The van der Waals surface area contributed by atoms with E-state index in [4.69, 9.17) is 0 Å². The number of nitrogens with zero attached hydrogens (tertiary/aromatic N) is 2. The number of aromatic nitrogens is 2. The maximum Gasteiger partial charge on any atom is 0.0659 e. The van der Waals surface area contributed by atoms with E-state index in [1.54, 1.807) is 0 Å². The third-order valence-corrected chi connectivity index (χ3v) is 3.92. The second-order valence-electron chi connectivity index (χ2n) is 5.66. The largest absolute Gasteiger partial charge is 0.382 e. The SMILES string of the molecule is CC1CCC(Nc2ccc(Cn3cccn3)cc2)C1. The van der Waals surface area contributed by atoms with Crippen molar-refractivity contribution in [3.63, 3.8) is 0 Å². The van der Waals surface area contributed by atoms with Crippen LogP contribution in [0.15, 0.2) is 42.7 Å². The molecule has 3 heteroatoms. The van der Waals surface area contributed by atoms with Gasteiger partial charge in [0.05, 0.1) is 6.54 Å². The molecule has 100 valence electrons. The second-order valence-corrected chi connectivity index (χ2v) is 5.66. The van der Waals surface area contributed by atoms with Crippen molar-refractivity contribution in [2.75, 3.05) is 5.32 Å². The predicted molar refractivity (Wildman–Crippen MR) is 78.2 cm³/mol. The van der Waals surface area contributed by atoms with Crippen LogP contribution in [0.2, 0.25) is 0 Å². The number of rotatable bonds is 4. The highest BCUT2D eigenvalue weighted by molar-refractivity contribution is 5.45. The van der Waals surface area contributed by atoms with Gasteiger partial charge in [-0.05, 0) is 48.9 Å². The minimum atomic E-state index is 0.659. The van der Waals surface area contributed by atoms with Crippen LogP contribution < -0.4 is 5.32 Å². The van der Waals surface area contributed by atoms with Crippen molar-refractivity contribution in [1.29, 1.82) is 0 Å². The monoisotopic (exact) mass is 255 g/mol. The van der Waals surface area contributed by atoms with Crippen LogP contribution in [-0.2, 0) is 6.54 Å². The Hall–Kier alpha value is -1.77. The first-order valence-corrected chi connectivity index (χ1v) is 7.12. The molecule has 1 saturated carbocycles. The molecule has 0 aliphatic heterocycles. The minimum absolute atomic E-state index is 0.659. The fourth-order valence-corrected chi connectivity index (χ4v) is 2.86. The average Bonchev–Trinajstić information content (AvgIpc) is 3.04. The Morgan fingerprint density at radius 2 is 2.11 bits per heavy atom. The molecular weight excluding hydrogens is 234 g/mol. The summed E-state index contributed by atoms with van der Waals surface area (Å²) in [5.41, 5.74) is 2.53. The van der Waals surface area contributed by atoms with Gasteiger partial charge >= 0.3 is 0 Å². The second kappa shape index (κ2) is 5.47. The summed E-state index contributed by atoms with van der Waals surface area (Å²) in [5, 5.41) is 7.86. The molecule has 1 fully saturated rings. The Morgan fingerprint density at radius 1 is 1.26 bits per heavy atom. The number of hydrogen-bond acceptors (Lipinski definition) is 2. The molecule has 0 spiro atoms. The van der Waals surface area contributed by atoms with Gasteiger partial charge in [0.25, 0.3) is 0 Å². The quantitative estimate of drug-likeness (QED) is 0.905. The minimum Gasteiger partial charge on any atom is -0.382 e. The first-order valence-electron chi connectivity index (χ1n) is 7.12. The highest BCUT2D eigenvalue weighted by Gasteiger charge is 2.20. The number of anilines is 1. The Bertz CT molecular complexity index is 501. The van der Waals surface area contributed by atoms with Gasteiger partial charge in [-0.25, -0.2) is 0 Å². The maximum absolute atomic E-state index is 4.23. The van der Waals surface area contributed by atoms with Gasteiger partial charge in [-0.3, -0.25) is 4.68 Å². The fraction of sp³-hybridized carbons (Fsp3) is 0.438. The van der Waals surface area contributed by atoms with Crippen molar-refractivity contribution in [2.45, 2.75) is 38.8 Å². The lowest BCUT2D eigenvalue weighted by Crippen LogP contribution is -2.15. The maximum atomic E-state index is 4.23. The van der Waals surface area contributed by atoms with E-state index in [0.717, 1.165) is 12.5 Å². The van der Waals surface area contributed by atoms with Crippen molar-refractivity contribution >= 4 is 5.69 Å². The summed E-state index contributed by atoms with van der Waals surface area (Å²) in [7, 11) is 0. The van der Waals surface area contributed by atoms with E-state index < -0.39 is 0 Å². The molecule has 2 atom stereocenters. The van der Waals surface area contributed by atoms with Gasteiger partial charge in [-0.15, -0.1) is 0 Å². The summed E-state index contributed by atoms with van der Waals surface area (Å²) in [6.45, 7) is 3.18. The van der Waals surface area contributed by atoms with Crippen LogP contribution in [0, 0.1) is 5.92 Å². The van der Waals surface area contributed by atoms with Gasteiger partial charge in [0.1, 0.15) is 0 Å². The summed E-state index contributed by atoms with van der Waals surface area (Å²) in [6, 6.07) is 11.3. The lowest BCUT2D eigenvalue weighted by Gasteiger charge is -2.14. The Kier molecular flexibility index (Phi) is 3.53. The molecule has 2 aromatic rings. The molecule has 0 saturated heterocycles. The molecule has 19 heavy (non-hydrogen) atoms. The van der Waals surface area contributed by atoms with Gasteiger partial charge < -0.3 is 5.32 Å². The molecule has 1 N–H and O–H groups in total. The van der Waals surface area contributed by atoms with E-state index >= 15 is 0 Å². The first kappa shape index (κ1) is 12.3. The van der Waals surface area contributed by atoms with E-state index in [0.29, 0.717) is 6.04 Å². The number of hydrogen-bond donors (Lipinski definition) is 1. The predicted octanol–water partition coefficient (Wildman–Crippen LogP) is 3.53. The van der Waals surface area contributed by atoms with Gasteiger partial charge in [0, 0.05) is 24.1 Å². The third-order valence-electron chi connectivity index (χ3n) is 3.92. The molecule has 1 aromatic heterocycles. The molecule has 2 unspecified atom stereocenters. The van der Waals surface area contributed by atoms with Crippen molar-refractivity contribution in [3.8, 4) is 0 Å². The Balaban J connectivity index is 1.59. The molecule has 3 rings (SSSR count). The van der Waals surface area contributed by atoms with E-state index in [1.807, 2.05) is 23.1 Å². The zero-order chi connectivity index (χ0) is 13.1. The van der Waals surface area contributed by atoms with Crippen LogP contribution in [0.5, 0.6) is 0 Å². The van der Waals surface area contributed by atoms with Crippen LogP contribution in [0.4, 0.5) is 5.69 Å². The molecule has 1 aliphatic rings. The number of nitrogens with one attached hydrogen (secondary N) is 1. The van der Waals surface area contributed by atoms with E-state index in [-0.39, 0.29) is 0 Å². The lowest BCUT2D eigenvalue weighted by molar-refractivity contribution is 0.602. The van der Waals surface area contributed by atoms with Crippen LogP contribution >= 0.6 is 0 Å². The number of benzene rings is 1. The lowest BCUT2D eigenvalue weighted by atomic mass is 10.1. The summed E-state index contributed by atoms with van der Waals surface area (Å²) in [5.74, 6) is 0.872. The Morgan fingerprint density at radius 3 is 2.74 bits per heavy atom. The van der Waals surface area contributed by atoms with E-state index in [9.17, 15) is 0 Å². The molecule has 0 bridgehead atoms. The Labute approximate surface area is 114 Å².